The van der Waals surface area contributed by atoms with E-state index in [1.807, 2.05) is 60.4 Å². The van der Waals surface area contributed by atoms with E-state index in [-0.39, 0.29) is 5.91 Å². The summed E-state index contributed by atoms with van der Waals surface area (Å²) in [6.45, 7) is 5.69. The molecule has 0 atom stereocenters. The third-order valence-electron chi connectivity index (χ3n) is 5.08. The summed E-state index contributed by atoms with van der Waals surface area (Å²) in [7, 11) is 0. The zero-order valence-corrected chi connectivity index (χ0v) is 16.6. The van der Waals surface area contributed by atoms with E-state index in [0.717, 1.165) is 40.3 Å². The molecule has 0 N–H and O–H groups in total. The molecule has 4 rings (SSSR count). The number of benzene rings is 2. The highest BCUT2D eigenvalue weighted by Crippen LogP contribution is 2.28. The molecule has 6 heteroatoms. The summed E-state index contributed by atoms with van der Waals surface area (Å²) < 4.78 is 11.5. The summed E-state index contributed by atoms with van der Waals surface area (Å²) in [5, 5.41) is 1.66. The SMILES string of the molecule is CCOCc1c(C(=O)N2CCN(c3cccc(Cl)c3)CC2)oc2ccccc12. The van der Waals surface area contributed by atoms with Gasteiger partial charge in [-0.15, -0.1) is 0 Å². The van der Waals surface area contributed by atoms with Crippen molar-refractivity contribution in [3.63, 3.8) is 0 Å². The summed E-state index contributed by atoms with van der Waals surface area (Å²) >= 11 is 6.11. The van der Waals surface area contributed by atoms with Crippen LogP contribution in [-0.4, -0.2) is 43.6 Å². The third kappa shape index (κ3) is 3.73. The Labute approximate surface area is 169 Å². The van der Waals surface area contributed by atoms with E-state index in [0.29, 0.717) is 32.1 Å². The van der Waals surface area contributed by atoms with Crippen LogP contribution in [0.25, 0.3) is 11.0 Å². The first kappa shape index (κ1) is 18.8. The fraction of sp³-hybridized carbons (Fsp3) is 0.318. The molecule has 3 aromatic rings. The number of nitrogens with zero attached hydrogens (tertiary/aromatic N) is 2. The van der Waals surface area contributed by atoms with Gasteiger partial charge in [-0.25, -0.2) is 0 Å². The number of fused-ring (bicyclic) bond motifs is 1. The Balaban J connectivity index is 1.52. The molecule has 1 aromatic heterocycles. The van der Waals surface area contributed by atoms with Crippen LogP contribution in [0.5, 0.6) is 0 Å². The minimum atomic E-state index is -0.0725. The highest BCUT2D eigenvalue weighted by Gasteiger charge is 2.28. The second kappa shape index (κ2) is 8.25. The Morgan fingerprint density at radius 3 is 2.64 bits per heavy atom. The van der Waals surface area contributed by atoms with E-state index in [9.17, 15) is 4.79 Å². The maximum Gasteiger partial charge on any atom is 0.290 e. The molecule has 0 aliphatic carbocycles. The molecule has 0 spiro atoms. The number of anilines is 1. The van der Waals surface area contributed by atoms with Crippen LogP contribution in [0, 0.1) is 0 Å². The van der Waals surface area contributed by atoms with E-state index in [4.69, 9.17) is 20.8 Å². The van der Waals surface area contributed by atoms with E-state index in [1.165, 1.54) is 0 Å². The average molecular weight is 399 g/mol. The predicted molar refractivity (Wildman–Crippen MR) is 111 cm³/mol. The third-order valence-corrected chi connectivity index (χ3v) is 5.32. The van der Waals surface area contributed by atoms with Gasteiger partial charge in [0.2, 0.25) is 0 Å². The summed E-state index contributed by atoms with van der Waals surface area (Å²) in [5.74, 6) is 0.322. The molecule has 2 aromatic carbocycles. The number of halogens is 1. The number of carbonyl (C=O) groups excluding carboxylic acids is 1. The van der Waals surface area contributed by atoms with Crippen LogP contribution in [0.15, 0.2) is 52.9 Å². The lowest BCUT2D eigenvalue weighted by molar-refractivity contribution is 0.0706. The van der Waals surface area contributed by atoms with Crippen molar-refractivity contribution < 1.29 is 13.9 Å². The summed E-state index contributed by atoms with van der Waals surface area (Å²) in [5.41, 5.74) is 2.64. The van der Waals surface area contributed by atoms with Gasteiger partial charge in [0.05, 0.1) is 6.61 Å². The molecule has 2 heterocycles. The first-order valence-corrected chi connectivity index (χ1v) is 9.93. The van der Waals surface area contributed by atoms with Crippen molar-refractivity contribution in [2.24, 2.45) is 0 Å². The molecule has 1 fully saturated rings. The molecule has 0 unspecified atom stereocenters. The van der Waals surface area contributed by atoms with Gasteiger partial charge in [0, 0.05) is 54.4 Å². The normalized spacial score (nSPS) is 14.6. The minimum absolute atomic E-state index is 0.0725. The van der Waals surface area contributed by atoms with E-state index in [1.54, 1.807) is 0 Å². The van der Waals surface area contributed by atoms with Gasteiger partial charge in [-0.1, -0.05) is 35.9 Å². The molecule has 28 heavy (non-hydrogen) atoms. The van der Waals surface area contributed by atoms with Crippen molar-refractivity contribution in [1.29, 1.82) is 0 Å². The number of ether oxygens (including phenoxy) is 1. The van der Waals surface area contributed by atoms with E-state index in [2.05, 4.69) is 4.90 Å². The van der Waals surface area contributed by atoms with E-state index < -0.39 is 0 Å². The van der Waals surface area contributed by atoms with Gasteiger partial charge in [0.25, 0.3) is 5.91 Å². The summed E-state index contributed by atoms with van der Waals surface area (Å²) in [4.78, 5) is 17.3. The number of para-hydroxylation sites is 1. The lowest BCUT2D eigenvalue weighted by Crippen LogP contribution is -2.48. The minimum Gasteiger partial charge on any atom is -0.451 e. The van der Waals surface area contributed by atoms with Crippen LogP contribution in [-0.2, 0) is 11.3 Å². The van der Waals surface area contributed by atoms with Gasteiger partial charge in [-0.05, 0) is 31.2 Å². The average Bonchev–Trinajstić information content (AvgIpc) is 3.10. The van der Waals surface area contributed by atoms with Gasteiger partial charge in [0.15, 0.2) is 5.76 Å². The van der Waals surface area contributed by atoms with Crippen molar-refractivity contribution in [3.8, 4) is 0 Å². The number of rotatable bonds is 5. The summed E-state index contributed by atoms with van der Waals surface area (Å²) in [6.07, 6.45) is 0. The van der Waals surface area contributed by atoms with Gasteiger partial charge < -0.3 is 19.0 Å². The van der Waals surface area contributed by atoms with Crippen LogP contribution >= 0.6 is 11.6 Å². The van der Waals surface area contributed by atoms with Crippen molar-refractivity contribution in [1.82, 2.24) is 4.90 Å². The largest absolute Gasteiger partial charge is 0.451 e. The second-order valence-electron chi connectivity index (χ2n) is 6.80. The molecular weight excluding hydrogens is 376 g/mol. The lowest BCUT2D eigenvalue weighted by atomic mass is 10.1. The first-order valence-electron chi connectivity index (χ1n) is 9.55. The molecular formula is C22H23ClN2O3. The fourth-order valence-corrected chi connectivity index (χ4v) is 3.79. The maximum absolute atomic E-state index is 13.2. The quantitative estimate of drug-likeness (QED) is 0.630. The van der Waals surface area contributed by atoms with Crippen LogP contribution in [0.2, 0.25) is 5.02 Å². The van der Waals surface area contributed by atoms with Crippen molar-refractivity contribution in [2.75, 3.05) is 37.7 Å². The molecule has 1 aliphatic rings. The summed E-state index contributed by atoms with van der Waals surface area (Å²) in [6, 6.07) is 15.5. The monoisotopic (exact) mass is 398 g/mol. The lowest BCUT2D eigenvalue weighted by Gasteiger charge is -2.36. The number of amides is 1. The number of piperazine rings is 1. The molecule has 5 nitrogen and oxygen atoms in total. The second-order valence-corrected chi connectivity index (χ2v) is 7.24. The fourth-order valence-electron chi connectivity index (χ4n) is 3.60. The molecule has 1 aliphatic heterocycles. The number of hydrogen-bond acceptors (Lipinski definition) is 4. The zero-order valence-electron chi connectivity index (χ0n) is 15.9. The van der Waals surface area contributed by atoms with Gasteiger partial charge in [-0.2, -0.15) is 0 Å². The van der Waals surface area contributed by atoms with Crippen LogP contribution in [0.4, 0.5) is 5.69 Å². The topological polar surface area (TPSA) is 45.9 Å². The first-order chi connectivity index (χ1) is 13.7. The number of carbonyl (C=O) groups is 1. The molecule has 1 saturated heterocycles. The van der Waals surface area contributed by atoms with Crippen molar-refractivity contribution >= 4 is 34.2 Å². The van der Waals surface area contributed by atoms with Gasteiger partial charge in [0.1, 0.15) is 5.58 Å². The Hall–Kier alpha value is -2.50. The smallest absolute Gasteiger partial charge is 0.290 e. The Bertz CT molecular complexity index is 977. The van der Waals surface area contributed by atoms with Crippen LogP contribution < -0.4 is 4.90 Å². The Morgan fingerprint density at radius 1 is 1.11 bits per heavy atom. The van der Waals surface area contributed by atoms with Gasteiger partial charge >= 0.3 is 0 Å². The van der Waals surface area contributed by atoms with Crippen LogP contribution in [0.1, 0.15) is 23.0 Å². The maximum atomic E-state index is 13.2. The molecule has 0 saturated carbocycles. The van der Waals surface area contributed by atoms with E-state index >= 15 is 0 Å². The molecule has 0 bridgehead atoms. The highest BCUT2D eigenvalue weighted by molar-refractivity contribution is 6.30. The van der Waals surface area contributed by atoms with Gasteiger partial charge in [-0.3, -0.25) is 4.79 Å². The molecule has 146 valence electrons. The van der Waals surface area contributed by atoms with Crippen molar-refractivity contribution in [2.45, 2.75) is 13.5 Å². The van der Waals surface area contributed by atoms with Crippen LogP contribution in [0.3, 0.4) is 0 Å². The predicted octanol–water partition coefficient (Wildman–Crippen LogP) is 4.59. The Morgan fingerprint density at radius 2 is 1.89 bits per heavy atom. The molecule has 0 radical (unpaired) electrons. The number of hydrogen-bond donors (Lipinski definition) is 0. The molecule has 1 amide bonds. The zero-order chi connectivity index (χ0) is 19.5. The number of furan rings is 1. The Kier molecular flexibility index (Phi) is 5.55. The standard InChI is InChI=1S/C22H23ClN2O3/c1-2-27-15-19-18-8-3-4-9-20(18)28-21(19)22(26)25-12-10-24(11-13-25)17-7-5-6-16(23)14-17/h3-9,14H,2,10-13,15H2,1H3. The van der Waals surface area contributed by atoms with Crippen molar-refractivity contribution in [3.05, 3.63) is 64.9 Å². The highest BCUT2D eigenvalue weighted by atomic mass is 35.5.